The summed E-state index contributed by atoms with van der Waals surface area (Å²) in [5.41, 5.74) is 2.39. The third kappa shape index (κ3) is 3.05. The van der Waals surface area contributed by atoms with Crippen molar-refractivity contribution in [3.8, 4) is 6.07 Å². The van der Waals surface area contributed by atoms with Gasteiger partial charge in [0.1, 0.15) is 11.8 Å². The molecule has 0 spiro atoms. The first-order valence-corrected chi connectivity index (χ1v) is 5.92. The second kappa shape index (κ2) is 5.46. The molecule has 0 saturated carbocycles. The standard InChI is InChI=1S/C13H10BrN3/c14-11-3-5-12(6-4-11)17-9-10-2-1-7-16-13(10)8-15/h1-7,17H,9H2. The molecule has 0 unspecified atom stereocenters. The fraction of sp³-hybridized carbons (Fsp3) is 0.0769. The minimum Gasteiger partial charge on any atom is -0.381 e. The molecule has 2 aromatic rings. The van der Waals surface area contributed by atoms with Gasteiger partial charge < -0.3 is 5.32 Å². The molecule has 0 radical (unpaired) electrons. The Balaban J connectivity index is 2.08. The minimum atomic E-state index is 0.470. The van der Waals surface area contributed by atoms with Crippen LogP contribution in [-0.2, 0) is 6.54 Å². The summed E-state index contributed by atoms with van der Waals surface area (Å²) in [6, 6.07) is 13.7. The highest BCUT2D eigenvalue weighted by atomic mass is 79.9. The number of nitrogens with one attached hydrogen (secondary N) is 1. The molecule has 1 N–H and O–H groups in total. The van der Waals surface area contributed by atoms with Gasteiger partial charge in [-0.05, 0) is 30.3 Å². The Morgan fingerprint density at radius 1 is 1.24 bits per heavy atom. The second-order valence-electron chi connectivity index (χ2n) is 3.48. The molecule has 1 aromatic carbocycles. The van der Waals surface area contributed by atoms with Gasteiger partial charge >= 0.3 is 0 Å². The minimum absolute atomic E-state index is 0.470. The molecular weight excluding hydrogens is 278 g/mol. The van der Waals surface area contributed by atoms with E-state index in [-0.39, 0.29) is 0 Å². The van der Waals surface area contributed by atoms with E-state index in [1.54, 1.807) is 6.20 Å². The van der Waals surface area contributed by atoms with Crippen LogP contribution in [0.4, 0.5) is 5.69 Å². The highest BCUT2D eigenvalue weighted by Crippen LogP contribution is 2.15. The van der Waals surface area contributed by atoms with Crippen LogP contribution in [0.2, 0.25) is 0 Å². The normalized spacial score (nSPS) is 9.65. The first-order valence-electron chi connectivity index (χ1n) is 5.13. The lowest BCUT2D eigenvalue weighted by molar-refractivity contribution is 1.09. The second-order valence-corrected chi connectivity index (χ2v) is 4.40. The average Bonchev–Trinajstić information content (AvgIpc) is 2.38. The number of hydrogen-bond donors (Lipinski definition) is 1. The molecule has 1 heterocycles. The number of pyridine rings is 1. The van der Waals surface area contributed by atoms with E-state index in [1.165, 1.54) is 0 Å². The predicted octanol–water partition coefficient (Wildman–Crippen LogP) is 3.33. The lowest BCUT2D eigenvalue weighted by Crippen LogP contribution is -2.02. The maximum atomic E-state index is 8.91. The number of benzene rings is 1. The summed E-state index contributed by atoms with van der Waals surface area (Å²) in [6.45, 7) is 0.596. The Morgan fingerprint density at radius 2 is 2.00 bits per heavy atom. The molecular formula is C13H10BrN3. The molecule has 0 bridgehead atoms. The third-order valence-electron chi connectivity index (χ3n) is 2.32. The summed E-state index contributed by atoms with van der Waals surface area (Å²) in [7, 11) is 0. The van der Waals surface area contributed by atoms with Gasteiger partial charge in [0.15, 0.2) is 0 Å². The molecule has 84 valence electrons. The van der Waals surface area contributed by atoms with Crippen molar-refractivity contribution in [2.24, 2.45) is 0 Å². The summed E-state index contributed by atoms with van der Waals surface area (Å²) in [6.07, 6.45) is 1.63. The zero-order valence-corrected chi connectivity index (χ0v) is 10.6. The van der Waals surface area contributed by atoms with E-state index in [1.807, 2.05) is 36.4 Å². The zero-order chi connectivity index (χ0) is 12.1. The highest BCUT2D eigenvalue weighted by molar-refractivity contribution is 9.10. The molecule has 0 saturated heterocycles. The van der Waals surface area contributed by atoms with Crippen LogP contribution in [0.15, 0.2) is 47.1 Å². The molecule has 0 amide bonds. The van der Waals surface area contributed by atoms with Crippen LogP contribution in [0, 0.1) is 11.3 Å². The van der Waals surface area contributed by atoms with E-state index in [4.69, 9.17) is 5.26 Å². The SMILES string of the molecule is N#Cc1ncccc1CNc1ccc(Br)cc1. The molecule has 0 fully saturated rings. The summed E-state index contributed by atoms with van der Waals surface area (Å²) in [5, 5.41) is 12.2. The largest absolute Gasteiger partial charge is 0.381 e. The van der Waals surface area contributed by atoms with Gasteiger partial charge in [-0.1, -0.05) is 22.0 Å². The van der Waals surface area contributed by atoms with Crippen molar-refractivity contribution in [3.05, 3.63) is 58.3 Å². The number of aromatic nitrogens is 1. The molecule has 2 rings (SSSR count). The van der Waals surface area contributed by atoms with Gasteiger partial charge in [-0.15, -0.1) is 0 Å². The van der Waals surface area contributed by atoms with Crippen LogP contribution in [0.5, 0.6) is 0 Å². The fourth-order valence-corrected chi connectivity index (χ4v) is 1.71. The molecule has 0 atom stereocenters. The van der Waals surface area contributed by atoms with Crippen molar-refractivity contribution in [1.29, 1.82) is 5.26 Å². The van der Waals surface area contributed by atoms with E-state index in [9.17, 15) is 0 Å². The monoisotopic (exact) mass is 287 g/mol. The number of rotatable bonds is 3. The van der Waals surface area contributed by atoms with E-state index >= 15 is 0 Å². The molecule has 1 aromatic heterocycles. The van der Waals surface area contributed by atoms with Gasteiger partial charge in [-0.2, -0.15) is 5.26 Å². The maximum Gasteiger partial charge on any atom is 0.145 e. The van der Waals surface area contributed by atoms with Gasteiger partial charge in [0.2, 0.25) is 0 Å². The van der Waals surface area contributed by atoms with Gasteiger partial charge in [0.25, 0.3) is 0 Å². The lowest BCUT2D eigenvalue weighted by Gasteiger charge is -2.07. The summed E-state index contributed by atoms with van der Waals surface area (Å²) >= 11 is 3.38. The highest BCUT2D eigenvalue weighted by Gasteiger charge is 2.01. The Labute approximate surface area is 108 Å². The van der Waals surface area contributed by atoms with Gasteiger partial charge in [0, 0.05) is 28.5 Å². The van der Waals surface area contributed by atoms with Crippen LogP contribution < -0.4 is 5.32 Å². The van der Waals surface area contributed by atoms with Crippen molar-refractivity contribution in [2.75, 3.05) is 5.32 Å². The smallest absolute Gasteiger partial charge is 0.145 e. The van der Waals surface area contributed by atoms with Crippen molar-refractivity contribution in [2.45, 2.75) is 6.54 Å². The van der Waals surface area contributed by atoms with Crippen molar-refractivity contribution in [1.82, 2.24) is 4.98 Å². The molecule has 17 heavy (non-hydrogen) atoms. The number of nitriles is 1. The number of nitrogens with zero attached hydrogens (tertiary/aromatic N) is 2. The van der Waals surface area contributed by atoms with E-state index in [0.717, 1.165) is 15.7 Å². The van der Waals surface area contributed by atoms with Crippen LogP contribution in [0.25, 0.3) is 0 Å². The quantitative estimate of drug-likeness (QED) is 0.942. The predicted molar refractivity (Wildman–Crippen MR) is 70.4 cm³/mol. The van der Waals surface area contributed by atoms with Gasteiger partial charge in [0.05, 0.1) is 0 Å². The molecule has 4 heteroatoms. The maximum absolute atomic E-state index is 8.91. The van der Waals surface area contributed by atoms with E-state index in [0.29, 0.717) is 12.2 Å². The fourth-order valence-electron chi connectivity index (χ4n) is 1.45. The summed E-state index contributed by atoms with van der Waals surface area (Å²) < 4.78 is 1.04. The Kier molecular flexibility index (Phi) is 3.73. The van der Waals surface area contributed by atoms with E-state index < -0.39 is 0 Å². The van der Waals surface area contributed by atoms with Gasteiger partial charge in [-0.25, -0.2) is 4.98 Å². The summed E-state index contributed by atoms with van der Waals surface area (Å²) in [5.74, 6) is 0. The van der Waals surface area contributed by atoms with Crippen molar-refractivity contribution in [3.63, 3.8) is 0 Å². The molecule has 0 aliphatic heterocycles. The lowest BCUT2D eigenvalue weighted by atomic mass is 10.2. The Bertz CT molecular complexity index is 543. The topological polar surface area (TPSA) is 48.7 Å². The van der Waals surface area contributed by atoms with Crippen molar-refractivity contribution < 1.29 is 0 Å². The van der Waals surface area contributed by atoms with E-state index in [2.05, 4.69) is 32.3 Å². The first kappa shape index (κ1) is 11.6. The van der Waals surface area contributed by atoms with Crippen LogP contribution in [-0.4, -0.2) is 4.98 Å². The summed E-state index contributed by atoms with van der Waals surface area (Å²) in [4.78, 5) is 4.01. The molecule has 0 aliphatic carbocycles. The Morgan fingerprint density at radius 3 is 2.71 bits per heavy atom. The van der Waals surface area contributed by atoms with Gasteiger partial charge in [-0.3, -0.25) is 0 Å². The van der Waals surface area contributed by atoms with Crippen molar-refractivity contribution >= 4 is 21.6 Å². The van der Waals surface area contributed by atoms with Crippen LogP contribution in [0.3, 0.4) is 0 Å². The number of halogens is 1. The van der Waals surface area contributed by atoms with Crippen LogP contribution >= 0.6 is 15.9 Å². The number of anilines is 1. The average molecular weight is 288 g/mol. The number of hydrogen-bond acceptors (Lipinski definition) is 3. The third-order valence-corrected chi connectivity index (χ3v) is 2.85. The molecule has 3 nitrogen and oxygen atoms in total. The first-order chi connectivity index (χ1) is 8.29. The Hall–Kier alpha value is -1.86. The zero-order valence-electron chi connectivity index (χ0n) is 9.02. The molecule has 0 aliphatic rings. The van der Waals surface area contributed by atoms with Crippen LogP contribution in [0.1, 0.15) is 11.3 Å².